The van der Waals surface area contributed by atoms with Gasteiger partial charge in [0.2, 0.25) is 0 Å². The van der Waals surface area contributed by atoms with Crippen molar-refractivity contribution < 1.29 is 9.47 Å². The van der Waals surface area contributed by atoms with Crippen molar-refractivity contribution in [1.82, 2.24) is 0 Å². The summed E-state index contributed by atoms with van der Waals surface area (Å²) in [5.41, 5.74) is 8.66. The zero-order chi connectivity index (χ0) is 24.3. The summed E-state index contributed by atoms with van der Waals surface area (Å²) in [6.07, 6.45) is 2.35. The molecule has 0 saturated carbocycles. The summed E-state index contributed by atoms with van der Waals surface area (Å²) in [5.74, 6) is 0.871. The van der Waals surface area contributed by atoms with Gasteiger partial charge >= 0.3 is 0 Å². The lowest BCUT2D eigenvalue weighted by Crippen LogP contribution is -2.39. The Morgan fingerprint density at radius 3 is 2.44 bits per heavy atom. The maximum Gasteiger partial charge on any atom is 0.194 e. The van der Waals surface area contributed by atoms with Crippen molar-refractivity contribution in [1.29, 1.82) is 15.8 Å². The van der Waals surface area contributed by atoms with Gasteiger partial charge in [0, 0.05) is 5.92 Å². The number of nitrogens with two attached hydrogens (primary N) is 1. The zero-order valence-electron chi connectivity index (χ0n) is 19.3. The van der Waals surface area contributed by atoms with Crippen LogP contribution in [0.15, 0.2) is 70.9 Å². The molecule has 170 valence electrons. The smallest absolute Gasteiger partial charge is 0.194 e. The third-order valence-electron chi connectivity index (χ3n) is 6.84. The predicted octanol–water partition coefficient (Wildman–Crippen LogP) is 5.26. The van der Waals surface area contributed by atoms with Crippen LogP contribution in [0.1, 0.15) is 43.2 Å². The van der Waals surface area contributed by atoms with Crippen molar-refractivity contribution >= 4 is 0 Å². The van der Waals surface area contributed by atoms with E-state index in [2.05, 4.69) is 25.1 Å². The molecule has 2 aromatic rings. The van der Waals surface area contributed by atoms with Gasteiger partial charge in [-0.05, 0) is 54.0 Å². The average molecular weight is 451 g/mol. The van der Waals surface area contributed by atoms with E-state index in [-0.39, 0.29) is 11.3 Å². The summed E-state index contributed by atoms with van der Waals surface area (Å²) >= 11 is 0. The first-order valence-corrected chi connectivity index (χ1v) is 11.3. The molecule has 2 aromatic carbocycles. The highest BCUT2D eigenvalue weighted by Crippen LogP contribution is 2.55. The van der Waals surface area contributed by atoms with Crippen LogP contribution in [0.25, 0.3) is 0 Å². The zero-order valence-corrected chi connectivity index (χ0v) is 19.3. The highest BCUT2D eigenvalue weighted by Gasteiger charge is 2.51. The lowest BCUT2D eigenvalue weighted by molar-refractivity contribution is 0.284. The van der Waals surface area contributed by atoms with Crippen LogP contribution in [-0.4, -0.2) is 7.11 Å². The standard InChI is InChI=1S/C28H26N4O2/c1-18-8-10-21-22(12-18)26(28(16-30,17-31)27(32)23(21)14-29)20-9-11-24(25(13-20)33-2)34-15-19-6-4-3-5-7-19/h3-7,9,11,13,18,26H,8,10,12,15,32H2,1-2H3/t18-,26-/m1/s1. The SMILES string of the molecule is COc1cc([C@@H]2C3=C(CC[C@@H](C)C3)C(C#N)=C(N)C2(C#N)C#N)ccc1OCc1ccccc1. The molecule has 0 fully saturated rings. The van der Waals surface area contributed by atoms with Crippen LogP contribution in [0, 0.1) is 45.3 Å². The van der Waals surface area contributed by atoms with Crippen molar-refractivity contribution in [2.45, 2.75) is 38.7 Å². The summed E-state index contributed by atoms with van der Waals surface area (Å²) in [6, 6.07) is 21.8. The molecule has 0 aliphatic heterocycles. The average Bonchev–Trinajstić information content (AvgIpc) is 2.87. The van der Waals surface area contributed by atoms with Gasteiger partial charge in [0.25, 0.3) is 0 Å². The minimum absolute atomic E-state index is 0.0432. The Balaban J connectivity index is 1.80. The van der Waals surface area contributed by atoms with Gasteiger partial charge < -0.3 is 15.2 Å². The molecule has 0 saturated heterocycles. The molecule has 0 spiro atoms. The molecule has 0 radical (unpaired) electrons. The first-order chi connectivity index (χ1) is 16.5. The normalized spacial score (nSPS) is 21.0. The van der Waals surface area contributed by atoms with E-state index in [9.17, 15) is 15.8 Å². The summed E-state index contributed by atoms with van der Waals surface area (Å²) in [6.45, 7) is 2.53. The van der Waals surface area contributed by atoms with Crippen molar-refractivity contribution in [3.05, 3.63) is 82.1 Å². The largest absolute Gasteiger partial charge is 0.493 e. The van der Waals surface area contributed by atoms with Gasteiger partial charge in [0.1, 0.15) is 12.7 Å². The van der Waals surface area contributed by atoms with Crippen LogP contribution in [0.4, 0.5) is 0 Å². The number of hydrogen-bond donors (Lipinski definition) is 1. The molecule has 2 atom stereocenters. The van der Waals surface area contributed by atoms with Crippen molar-refractivity contribution in [2.75, 3.05) is 7.11 Å². The Kier molecular flexibility index (Phi) is 6.31. The van der Waals surface area contributed by atoms with E-state index in [1.54, 1.807) is 7.11 Å². The molecule has 2 aliphatic carbocycles. The van der Waals surface area contributed by atoms with Gasteiger partial charge in [-0.1, -0.05) is 48.9 Å². The van der Waals surface area contributed by atoms with Crippen molar-refractivity contribution in [2.24, 2.45) is 17.1 Å². The number of benzene rings is 2. The molecule has 0 heterocycles. The maximum atomic E-state index is 10.2. The molecule has 6 heteroatoms. The Morgan fingerprint density at radius 2 is 1.79 bits per heavy atom. The van der Waals surface area contributed by atoms with E-state index in [0.29, 0.717) is 36.9 Å². The van der Waals surface area contributed by atoms with Gasteiger partial charge in [-0.25, -0.2) is 0 Å². The second-order valence-electron chi connectivity index (χ2n) is 8.90. The highest BCUT2D eigenvalue weighted by atomic mass is 16.5. The van der Waals surface area contributed by atoms with Crippen LogP contribution in [0.2, 0.25) is 0 Å². The fourth-order valence-electron chi connectivity index (χ4n) is 5.08. The second kappa shape index (κ2) is 9.34. The number of ether oxygens (including phenoxy) is 2. The quantitative estimate of drug-likeness (QED) is 0.664. The lowest BCUT2D eigenvalue weighted by Gasteiger charge is -2.41. The third-order valence-corrected chi connectivity index (χ3v) is 6.84. The Bertz CT molecular complexity index is 1270. The molecular weight excluding hydrogens is 424 g/mol. The van der Waals surface area contributed by atoms with Gasteiger partial charge in [-0.3, -0.25) is 0 Å². The Hall–Kier alpha value is -4.21. The number of allylic oxidation sites excluding steroid dienone is 4. The monoisotopic (exact) mass is 450 g/mol. The van der Waals surface area contributed by atoms with Gasteiger partial charge in [-0.2, -0.15) is 15.8 Å². The van der Waals surface area contributed by atoms with Crippen LogP contribution < -0.4 is 15.2 Å². The molecule has 0 amide bonds. The number of nitriles is 3. The number of hydrogen-bond acceptors (Lipinski definition) is 6. The Morgan fingerprint density at radius 1 is 1.06 bits per heavy atom. The second-order valence-corrected chi connectivity index (χ2v) is 8.90. The highest BCUT2D eigenvalue weighted by molar-refractivity contribution is 5.63. The minimum atomic E-state index is -1.67. The predicted molar refractivity (Wildman–Crippen MR) is 127 cm³/mol. The summed E-state index contributed by atoms with van der Waals surface area (Å²) in [5, 5.41) is 30.3. The first kappa shape index (κ1) is 23.0. The fraction of sp³-hybridized carbons (Fsp3) is 0.321. The molecule has 34 heavy (non-hydrogen) atoms. The van der Waals surface area contributed by atoms with Crippen LogP contribution >= 0.6 is 0 Å². The molecular formula is C28H26N4O2. The van der Waals surface area contributed by atoms with E-state index in [1.165, 1.54) is 0 Å². The molecule has 6 nitrogen and oxygen atoms in total. The van der Waals surface area contributed by atoms with Crippen molar-refractivity contribution in [3.8, 4) is 29.7 Å². The topological polar surface area (TPSA) is 116 Å². The Labute approximate surface area is 200 Å². The summed E-state index contributed by atoms with van der Waals surface area (Å²) in [7, 11) is 1.56. The van der Waals surface area contributed by atoms with E-state index >= 15 is 0 Å². The van der Waals surface area contributed by atoms with Crippen molar-refractivity contribution in [3.63, 3.8) is 0 Å². The minimum Gasteiger partial charge on any atom is -0.493 e. The molecule has 4 rings (SSSR count). The number of rotatable bonds is 5. The maximum absolute atomic E-state index is 10.2. The molecule has 2 aliphatic rings. The van der Waals surface area contributed by atoms with Crippen LogP contribution in [0.5, 0.6) is 11.5 Å². The fourth-order valence-corrected chi connectivity index (χ4v) is 5.08. The van der Waals surface area contributed by atoms with Gasteiger partial charge in [0.05, 0.1) is 30.5 Å². The molecule has 2 N–H and O–H groups in total. The van der Waals surface area contributed by atoms with Gasteiger partial charge in [0.15, 0.2) is 16.9 Å². The molecule has 0 bridgehead atoms. The summed E-state index contributed by atoms with van der Waals surface area (Å²) in [4.78, 5) is 0. The van der Waals surface area contributed by atoms with Crippen LogP contribution in [0.3, 0.4) is 0 Å². The van der Waals surface area contributed by atoms with E-state index in [0.717, 1.165) is 28.7 Å². The number of nitrogens with zero attached hydrogens (tertiary/aromatic N) is 3. The number of methoxy groups -OCH3 is 1. The van der Waals surface area contributed by atoms with Gasteiger partial charge in [-0.15, -0.1) is 0 Å². The molecule has 0 unspecified atom stereocenters. The summed E-state index contributed by atoms with van der Waals surface area (Å²) < 4.78 is 11.6. The molecule has 0 aromatic heterocycles. The van der Waals surface area contributed by atoms with Crippen LogP contribution in [-0.2, 0) is 6.61 Å². The third kappa shape index (κ3) is 3.76. The van der Waals surface area contributed by atoms with E-state index in [4.69, 9.17) is 15.2 Å². The first-order valence-electron chi connectivity index (χ1n) is 11.3. The lowest BCUT2D eigenvalue weighted by atomic mass is 9.59. The van der Waals surface area contributed by atoms with E-state index in [1.807, 2.05) is 48.5 Å². The van der Waals surface area contributed by atoms with E-state index < -0.39 is 11.3 Å².